The van der Waals surface area contributed by atoms with Gasteiger partial charge in [-0.1, -0.05) is 6.07 Å². The summed E-state index contributed by atoms with van der Waals surface area (Å²) in [6, 6.07) is 3.71. The summed E-state index contributed by atoms with van der Waals surface area (Å²) in [4.78, 5) is 20.4. The van der Waals surface area contributed by atoms with E-state index in [0.29, 0.717) is 6.54 Å². The van der Waals surface area contributed by atoms with E-state index in [2.05, 4.69) is 15.3 Å². The van der Waals surface area contributed by atoms with Crippen molar-refractivity contribution in [3.8, 4) is 0 Å². The molecule has 0 saturated heterocycles. The maximum absolute atomic E-state index is 11.8. The zero-order valence-corrected chi connectivity index (χ0v) is 10.8. The van der Waals surface area contributed by atoms with E-state index in [1.165, 1.54) is 35.6 Å². The number of hydrogen-bond donors (Lipinski definition) is 2. The molecule has 2 aromatic rings. The van der Waals surface area contributed by atoms with Crippen LogP contribution in [-0.2, 0) is 19.4 Å². The van der Waals surface area contributed by atoms with Crippen LogP contribution in [0, 0.1) is 0 Å². The van der Waals surface area contributed by atoms with E-state index in [1.807, 2.05) is 17.5 Å². The van der Waals surface area contributed by atoms with E-state index in [-0.39, 0.29) is 5.91 Å². The third-order valence-corrected chi connectivity index (χ3v) is 4.03. The number of aryl methyl sites for hydroxylation is 2. The first-order valence-electron chi connectivity index (χ1n) is 6.21. The summed E-state index contributed by atoms with van der Waals surface area (Å²) in [6.45, 7) is 0.476. The average molecular weight is 261 g/mol. The van der Waals surface area contributed by atoms with Crippen molar-refractivity contribution in [1.29, 1.82) is 0 Å². The number of fused-ring (bicyclic) bond motifs is 1. The van der Waals surface area contributed by atoms with Gasteiger partial charge in [-0.05, 0) is 37.1 Å². The Morgan fingerprint density at radius 2 is 2.33 bits per heavy atom. The molecule has 0 aliphatic heterocycles. The van der Waals surface area contributed by atoms with Gasteiger partial charge in [0, 0.05) is 5.69 Å². The average Bonchev–Trinajstić information content (AvgIpc) is 3.04. The highest BCUT2D eigenvalue weighted by atomic mass is 32.1. The van der Waals surface area contributed by atoms with Gasteiger partial charge < -0.3 is 10.3 Å². The number of carbonyl (C=O) groups excluding carboxylic acids is 1. The van der Waals surface area contributed by atoms with Gasteiger partial charge in [-0.25, -0.2) is 4.98 Å². The molecule has 2 N–H and O–H groups in total. The predicted molar refractivity (Wildman–Crippen MR) is 70.7 cm³/mol. The SMILES string of the molecule is O=C(NCc1nc2c([nH]1)CCCC2)c1cccs1. The maximum atomic E-state index is 11.8. The zero-order valence-electron chi connectivity index (χ0n) is 10.0. The minimum absolute atomic E-state index is 0.0284. The fraction of sp³-hybridized carbons (Fsp3) is 0.385. The largest absolute Gasteiger partial charge is 0.344 e. The third kappa shape index (κ3) is 2.31. The Bertz CT molecular complexity index is 521. The second kappa shape index (κ2) is 4.94. The molecule has 0 fully saturated rings. The molecule has 1 aliphatic carbocycles. The van der Waals surface area contributed by atoms with Crippen molar-refractivity contribution in [1.82, 2.24) is 15.3 Å². The molecule has 3 rings (SSSR count). The molecule has 2 heterocycles. The second-order valence-corrected chi connectivity index (χ2v) is 5.42. The highest BCUT2D eigenvalue weighted by Crippen LogP contribution is 2.18. The van der Waals surface area contributed by atoms with Crippen molar-refractivity contribution in [2.45, 2.75) is 32.2 Å². The number of rotatable bonds is 3. The number of aromatic amines is 1. The molecule has 1 amide bonds. The smallest absolute Gasteiger partial charge is 0.261 e. The van der Waals surface area contributed by atoms with Crippen LogP contribution in [0.3, 0.4) is 0 Å². The summed E-state index contributed by atoms with van der Waals surface area (Å²) < 4.78 is 0. The number of aromatic nitrogens is 2. The van der Waals surface area contributed by atoms with Gasteiger partial charge in [0.05, 0.1) is 17.1 Å². The topological polar surface area (TPSA) is 57.8 Å². The Balaban J connectivity index is 1.63. The van der Waals surface area contributed by atoms with Crippen molar-refractivity contribution in [3.63, 3.8) is 0 Å². The molecule has 0 bridgehead atoms. The van der Waals surface area contributed by atoms with Crippen molar-refractivity contribution >= 4 is 17.2 Å². The molecule has 5 heteroatoms. The molecule has 4 nitrogen and oxygen atoms in total. The first-order chi connectivity index (χ1) is 8.83. The molecule has 0 radical (unpaired) electrons. The lowest BCUT2D eigenvalue weighted by atomic mass is 10.0. The first kappa shape index (κ1) is 11.5. The predicted octanol–water partition coefficient (Wildman–Crippen LogP) is 2.28. The summed E-state index contributed by atoms with van der Waals surface area (Å²) in [5.41, 5.74) is 2.43. The number of carbonyl (C=O) groups is 1. The van der Waals surface area contributed by atoms with Crippen LogP contribution in [0.25, 0.3) is 0 Å². The summed E-state index contributed by atoms with van der Waals surface area (Å²) >= 11 is 1.45. The number of H-pyrrole nitrogens is 1. The van der Waals surface area contributed by atoms with E-state index in [0.717, 1.165) is 23.5 Å². The number of nitrogens with zero attached hydrogens (tertiary/aromatic N) is 1. The van der Waals surface area contributed by atoms with Gasteiger partial charge in [0.1, 0.15) is 5.82 Å². The first-order valence-corrected chi connectivity index (χ1v) is 7.09. The summed E-state index contributed by atoms with van der Waals surface area (Å²) in [5.74, 6) is 0.839. The molecule has 0 unspecified atom stereocenters. The maximum Gasteiger partial charge on any atom is 0.261 e. The molecule has 0 saturated carbocycles. The van der Waals surface area contributed by atoms with Crippen LogP contribution in [-0.4, -0.2) is 15.9 Å². The lowest BCUT2D eigenvalue weighted by Crippen LogP contribution is -2.22. The van der Waals surface area contributed by atoms with Gasteiger partial charge in [0.15, 0.2) is 0 Å². The molecule has 2 aromatic heterocycles. The minimum Gasteiger partial charge on any atom is -0.344 e. The number of amides is 1. The van der Waals surface area contributed by atoms with Crippen LogP contribution >= 0.6 is 11.3 Å². The van der Waals surface area contributed by atoms with E-state index in [9.17, 15) is 4.79 Å². The van der Waals surface area contributed by atoms with Gasteiger partial charge in [0.25, 0.3) is 5.91 Å². The molecule has 0 spiro atoms. The Kier molecular flexibility index (Phi) is 3.15. The highest BCUT2D eigenvalue weighted by molar-refractivity contribution is 7.12. The van der Waals surface area contributed by atoms with Crippen LogP contribution in [0.5, 0.6) is 0 Å². The van der Waals surface area contributed by atoms with Gasteiger partial charge in [-0.2, -0.15) is 0 Å². The normalized spacial score (nSPS) is 14.2. The minimum atomic E-state index is -0.0284. The molecular weight excluding hydrogens is 246 g/mol. The van der Waals surface area contributed by atoms with Gasteiger partial charge in [-0.15, -0.1) is 11.3 Å². The monoisotopic (exact) mass is 261 g/mol. The number of hydrogen-bond acceptors (Lipinski definition) is 3. The van der Waals surface area contributed by atoms with Crippen LogP contribution in [0.4, 0.5) is 0 Å². The zero-order chi connectivity index (χ0) is 12.4. The van der Waals surface area contributed by atoms with E-state index >= 15 is 0 Å². The van der Waals surface area contributed by atoms with E-state index < -0.39 is 0 Å². The summed E-state index contributed by atoms with van der Waals surface area (Å²) in [7, 11) is 0. The van der Waals surface area contributed by atoms with Crippen LogP contribution in [0.2, 0.25) is 0 Å². The highest BCUT2D eigenvalue weighted by Gasteiger charge is 2.14. The lowest BCUT2D eigenvalue weighted by molar-refractivity contribution is 0.0954. The molecule has 0 aromatic carbocycles. The molecule has 0 atom stereocenters. The van der Waals surface area contributed by atoms with Gasteiger partial charge >= 0.3 is 0 Å². The Morgan fingerprint density at radius 1 is 1.44 bits per heavy atom. The summed E-state index contributed by atoms with van der Waals surface area (Å²) in [6.07, 6.45) is 4.60. The second-order valence-electron chi connectivity index (χ2n) is 4.48. The molecular formula is C13H15N3OS. The van der Waals surface area contributed by atoms with Gasteiger partial charge in [-0.3, -0.25) is 4.79 Å². The Labute approximate surface area is 109 Å². The van der Waals surface area contributed by atoms with Crippen molar-refractivity contribution in [2.75, 3.05) is 0 Å². The van der Waals surface area contributed by atoms with E-state index in [4.69, 9.17) is 0 Å². The number of imidazole rings is 1. The van der Waals surface area contributed by atoms with Crippen molar-refractivity contribution in [2.24, 2.45) is 0 Å². The van der Waals surface area contributed by atoms with Crippen LogP contribution in [0.1, 0.15) is 39.7 Å². The lowest BCUT2D eigenvalue weighted by Gasteiger charge is -2.07. The van der Waals surface area contributed by atoms with Crippen molar-refractivity contribution in [3.05, 3.63) is 39.6 Å². The summed E-state index contributed by atoms with van der Waals surface area (Å²) in [5, 5.41) is 4.79. The molecule has 1 aliphatic rings. The fourth-order valence-corrected chi connectivity index (χ4v) is 2.90. The Morgan fingerprint density at radius 3 is 3.11 bits per heavy atom. The number of thiophene rings is 1. The van der Waals surface area contributed by atoms with Crippen LogP contribution in [0.15, 0.2) is 17.5 Å². The van der Waals surface area contributed by atoms with Gasteiger partial charge in [0.2, 0.25) is 0 Å². The fourth-order valence-electron chi connectivity index (χ4n) is 2.26. The number of nitrogens with one attached hydrogen (secondary N) is 2. The third-order valence-electron chi connectivity index (χ3n) is 3.17. The standard InChI is InChI=1S/C13H15N3OS/c17-13(11-6-3-7-18-11)14-8-12-15-9-4-1-2-5-10(9)16-12/h3,6-7H,1-2,4-5,8H2,(H,14,17)(H,15,16). The van der Waals surface area contributed by atoms with E-state index in [1.54, 1.807) is 0 Å². The van der Waals surface area contributed by atoms with Crippen LogP contribution < -0.4 is 5.32 Å². The molecule has 94 valence electrons. The molecule has 18 heavy (non-hydrogen) atoms. The Hall–Kier alpha value is -1.62. The van der Waals surface area contributed by atoms with Crippen molar-refractivity contribution < 1.29 is 4.79 Å². The quantitative estimate of drug-likeness (QED) is 0.890.